The number of carbonyl (C=O) groups excluding carboxylic acids is 1. The van der Waals surface area contributed by atoms with E-state index in [9.17, 15) is 18.0 Å². The smallest absolute Gasteiger partial charge is 0.322 e. The lowest BCUT2D eigenvalue weighted by atomic mass is 9.88. The van der Waals surface area contributed by atoms with Gasteiger partial charge in [-0.3, -0.25) is 9.79 Å². The quantitative estimate of drug-likeness (QED) is 0.777. The number of hydrogen-bond donors (Lipinski definition) is 1. The minimum atomic E-state index is -4.38. The molecule has 1 aliphatic rings. The van der Waals surface area contributed by atoms with E-state index in [0.717, 1.165) is 17.7 Å². The third kappa shape index (κ3) is 4.20. The fourth-order valence-electron chi connectivity index (χ4n) is 2.62. The van der Waals surface area contributed by atoms with Crippen LogP contribution in [-0.2, 0) is 11.0 Å². The molecule has 0 spiro atoms. The van der Waals surface area contributed by atoms with E-state index in [4.69, 9.17) is 0 Å². The molecule has 0 heterocycles. The molecule has 1 amide bonds. The summed E-state index contributed by atoms with van der Waals surface area (Å²) in [5, 5.41) is 2.73. The van der Waals surface area contributed by atoms with Gasteiger partial charge in [0.2, 0.25) is 5.91 Å². The van der Waals surface area contributed by atoms with Gasteiger partial charge < -0.3 is 5.32 Å². The molecule has 1 aromatic carbocycles. The molecule has 1 aromatic rings. The second kappa shape index (κ2) is 7.99. The molecule has 1 N–H and O–H groups in total. The standard InChI is InChI=1S/C20H19F3N2O/c1-4-6-16-17(25-18(26)5-2)12-11-15(19(16)24-3)13-7-9-14(10-8-13)20(21,22)23/h5-12H,2,4H2,1,3H3,(H,25,26)/b16-6-,24-19?. The van der Waals surface area contributed by atoms with Gasteiger partial charge in [0, 0.05) is 18.2 Å². The van der Waals surface area contributed by atoms with Crippen LogP contribution in [0.4, 0.5) is 13.2 Å². The maximum absolute atomic E-state index is 12.8. The highest BCUT2D eigenvalue weighted by molar-refractivity contribution is 6.34. The third-order valence-electron chi connectivity index (χ3n) is 3.82. The van der Waals surface area contributed by atoms with Gasteiger partial charge in [0.25, 0.3) is 0 Å². The van der Waals surface area contributed by atoms with E-state index in [2.05, 4.69) is 16.9 Å². The van der Waals surface area contributed by atoms with Crippen LogP contribution in [0.2, 0.25) is 0 Å². The Balaban J connectivity index is 2.49. The van der Waals surface area contributed by atoms with Crippen molar-refractivity contribution in [3.8, 4) is 0 Å². The molecule has 0 unspecified atom stereocenters. The van der Waals surface area contributed by atoms with Gasteiger partial charge in [-0.15, -0.1) is 0 Å². The molecule has 2 rings (SSSR count). The Morgan fingerprint density at radius 2 is 1.88 bits per heavy atom. The predicted molar refractivity (Wildman–Crippen MR) is 97.6 cm³/mol. The van der Waals surface area contributed by atoms with Crippen LogP contribution in [0.3, 0.4) is 0 Å². The summed E-state index contributed by atoms with van der Waals surface area (Å²) in [5.41, 5.74) is 2.51. The van der Waals surface area contributed by atoms with Crippen LogP contribution in [0.1, 0.15) is 24.5 Å². The van der Waals surface area contributed by atoms with Crippen molar-refractivity contribution in [2.45, 2.75) is 19.5 Å². The SMILES string of the molecule is C=CC(=O)NC1=CC=C(c2ccc(C(F)(F)F)cc2)C(=NC)/C1=C\CC. The molecule has 0 radical (unpaired) electrons. The number of benzene rings is 1. The molecule has 3 nitrogen and oxygen atoms in total. The van der Waals surface area contributed by atoms with Gasteiger partial charge in [0.15, 0.2) is 0 Å². The van der Waals surface area contributed by atoms with Crippen LogP contribution in [0.15, 0.2) is 71.4 Å². The average Bonchev–Trinajstić information content (AvgIpc) is 2.62. The van der Waals surface area contributed by atoms with Gasteiger partial charge >= 0.3 is 6.18 Å². The van der Waals surface area contributed by atoms with Crippen molar-refractivity contribution in [2.75, 3.05) is 7.05 Å². The normalized spacial score (nSPS) is 17.7. The fourth-order valence-corrected chi connectivity index (χ4v) is 2.62. The number of carbonyl (C=O) groups is 1. The van der Waals surface area contributed by atoms with Crippen LogP contribution in [0, 0.1) is 0 Å². The van der Waals surface area contributed by atoms with Crippen molar-refractivity contribution in [3.05, 3.63) is 77.5 Å². The molecular formula is C20H19F3N2O. The number of allylic oxidation sites excluding steroid dienone is 5. The first-order valence-corrected chi connectivity index (χ1v) is 8.02. The van der Waals surface area contributed by atoms with Gasteiger partial charge in [-0.1, -0.05) is 37.8 Å². The zero-order valence-electron chi connectivity index (χ0n) is 14.5. The summed E-state index contributed by atoms with van der Waals surface area (Å²) in [7, 11) is 1.61. The van der Waals surface area contributed by atoms with E-state index >= 15 is 0 Å². The minimum absolute atomic E-state index is 0.347. The second-order valence-corrected chi connectivity index (χ2v) is 5.53. The summed E-state index contributed by atoms with van der Waals surface area (Å²) in [6.45, 7) is 5.38. The molecule has 0 aromatic heterocycles. The zero-order valence-corrected chi connectivity index (χ0v) is 14.5. The molecule has 0 saturated carbocycles. The van der Waals surface area contributed by atoms with Crippen LogP contribution >= 0.6 is 0 Å². The number of nitrogens with zero attached hydrogens (tertiary/aromatic N) is 1. The number of aliphatic imine (C=N–C) groups is 1. The Morgan fingerprint density at radius 3 is 2.38 bits per heavy atom. The van der Waals surface area contributed by atoms with E-state index in [1.54, 1.807) is 19.2 Å². The Hall–Kier alpha value is -2.89. The van der Waals surface area contributed by atoms with E-state index < -0.39 is 11.7 Å². The van der Waals surface area contributed by atoms with E-state index in [1.807, 2.05) is 13.0 Å². The Labute approximate surface area is 150 Å². The first kappa shape index (κ1) is 19.4. The van der Waals surface area contributed by atoms with Crippen LogP contribution in [0.5, 0.6) is 0 Å². The lowest BCUT2D eigenvalue weighted by Crippen LogP contribution is -2.26. The molecule has 1 aliphatic carbocycles. The predicted octanol–water partition coefficient (Wildman–Crippen LogP) is 4.70. The lowest BCUT2D eigenvalue weighted by Gasteiger charge is -2.21. The van der Waals surface area contributed by atoms with E-state index in [1.165, 1.54) is 18.2 Å². The summed E-state index contributed by atoms with van der Waals surface area (Å²) in [6, 6.07) is 4.94. The van der Waals surface area contributed by atoms with Crippen molar-refractivity contribution < 1.29 is 18.0 Å². The van der Waals surface area contributed by atoms with Gasteiger partial charge in [-0.25, -0.2) is 0 Å². The first-order valence-electron chi connectivity index (χ1n) is 8.02. The Bertz CT molecular complexity index is 826. The largest absolute Gasteiger partial charge is 0.416 e. The highest BCUT2D eigenvalue weighted by Gasteiger charge is 2.30. The van der Waals surface area contributed by atoms with E-state index in [-0.39, 0.29) is 5.91 Å². The molecule has 0 aliphatic heterocycles. The maximum Gasteiger partial charge on any atom is 0.416 e. The molecule has 0 fully saturated rings. The van der Waals surface area contributed by atoms with Crippen LogP contribution in [0.25, 0.3) is 5.57 Å². The van der Waals surface area contributed by atoms with Gasteiger partial charge in [0.05, 0.1) is 17.0 Å². The number of halogens is 3. The van der Waals surface area contributed by atoms with Crippen LogP contribution in [-0.4, -0.2) is 18.7 Å². The summed E-state index contributed by atoms with van der Waals surface area (Å²) in [5.74, 6) is -0.347. The Kier molecular flexibility index (Phi) is 5.97. The van der Waals surface area contributed by atoms with Gasteiger partial charge in [-0.2, -0.15) is 13.2 Å². The maximum atomic E-state index is 12.8. The van der Waals surface area contributed by atoms with Crippen molar-refractivity contribution in [3.63, 3.8) is 0 Å². The first-order chi connectivity index (χ1) is 12.3. The molecule has 0 atom stereocenters. The monoisotopic (exact) mass is 360 g/mol. The fraction of sp³-hybridized carbons (Fsp3) is 0.200. The summed E-state index contributed by atoms with van der Waals surface area (Å²) >= 11 is 0. The van der Waals surface area contributed by atoms with Crippen molar-refractivity contribution >= 4 is 17.2 Å². The average molecular weight is 360 g/mol. The van der Waals surface area contributed by atoms with Gasteiger partial charge in [-0.05, 0) is 36.3 Å². The molecule has 6 heteroatoms. The summed E-state index contributed by atoms with van der Waals surface area (Å²) in [6.07, 6.45) is 2.85. The number of amides is 1. The third-order valence-corrected chi connectivity index (χ3v) is 3.82. The molecular weight excluding hydrogens is 341 g/mol. The number of alkyl halides is 3. The second-order valence-electron chi connectivity index (χ2n) is 5.53. The van der Waals surface area contributed by atoms with Crippen molar-refractivity contribution in [2.24, 2.45) is 4.99 Å². The summed E-state index contributed by atoms with van der Waals surface area (Å²) < 4.78 is 38.3. The molecule has 0 bridgehead atoms. The molecule has 26 heavy (non-hydrogen) atoms. The topological polar surface area (TPSA) is 41.5 Å². The minimum Gasteiger partial charge on any atom is -0.322 e. The van der Waals surface area contributed by atoms with Gasteiger partial charge in [0.1, 0.15) is 0 Å². The molecule has 0 saturated heterocycles. The van der Waals surface area contributed by atoms with Crippen molar-refractivity contribution in [1.29, 1.82) is 0 Å². The summed E-state index contributed by atoms with van der Waals surface area (Å²) in [4.78, 5) is 15.9. The van der Waals surface area contributed by atoms with Crippen LogP contribution < -0.4 is 5.32 Å². The zero-order chi connectivity index (χ0) is 19.3. The molecule has 136 valence electrons. The Morgan fingerprint density at radius 1 is 1.23 bits per heavy atom. The lowest BCUT2D eigenvalue weighted by molar-refractivity contribution is -0.137. The number of rotatable bonds is 4. The number of hydrogen-bond acceptors (Lipinski definition) is 2. The number of nitrogens with one attached hydrogen (secondary N) is 1. The van der Waals surface area contributed by atoms with E-state index in [0.29, 0.717) is 29.0 Å². The highest BCUT2D eigenvalue weighted by Crippen LogP contribution is 2.32. The van der Waals surface area contributed by atoms with Crippen molar-refractivity contribution in [1.82, 2.24) is 5.32 Å². The highest BCUT2D eigenvalue weighted by atomic mass is 19.4.